The van der Waals surface area contributed by atoms with Crippen molar-refractivity contribution in [3.8, 4) is 0 Å². The van der Waals surface area contributed by atoms with Crippen molar-refractivity contribution in [3.05, 3.63) is 34.9 Å². The van der Waals surface area contributed by atoms with Crippen LogP contribution in [0.2, 0.25) is 5.02 Å². The molecular weight excluding hydrogens is 210 g/mol. The monoisotopic (exact) mass is 225 g/mol. The largest absolute Gasteiger partial charge is 0.395 e. The average Bonchev–Trinajstić information content (AvgIpc) is 2.29. The number of piperidine rings is 1. The summed E-state index contributed by atoms with van der Waals surface area (Å²) in [6.45, 7) is 1.19. The van der Waals surface area contributed by atoms with Crippen LogP contribution in [0.3, 0.4) is 0 Å². The summed E-state index contributed by atoms with van der Waals surface area (Å²) in [6.07, 6.45) is 2.28. The molecule has 0 bridgehead atoms. The van der Waals surface area contributed by atoms with Gasteiger partial charge in [0.05, 0.1) is 6.61 Å². The lowest BCUT2D eigenvalue weighted by atomic mass is 9.85. The van der Waals surface area contributed by atoms with Crippen LogP contribution in [0.1, 0.15) is 24.3 Å². The van der Waals surface area contributed by atoms with Crippen LogP contribution >= 0.6 is 11.6 Å². The summed E-state index contributed by atoms with van der Waals surface area (Å²) < 4.78 is 0. The number of rotatable bonds is 2. The SMILES string of the molecule is OCC1NCCCC1c1cccc(Cl)c1. The normalized spacial score (nSPS) is 26.5. The molecule has 1 aliphatic rings. The minimum Gasteiger partial charge on any atom is -0.395 e. The molecule has 0 spiro atoms. The lowest BCUT2D eigenvalue weighted by Gasteiger charge is -2.31. The Morgan fingerprint density at radius 3 is 3.07 bits per heavy atom. The van der Waals surface area contributed by atoms with Gasteiger partial charge in [0.1, 0.15) is 0 Å². The van der Waals surface area contributed by atoms with E-state index in [9.17, 15) is 5.11 Å². The first-order valence-electron chi connectivity index (χ1n) is 5.41. The highest BCUT2D eigenvalue weighted by Crippen LogP contribution is 2.29. The zero-order valence-electron chi connectivity index (χ0n) is 8.62. The van der Waals surface area contributed by atoms with Crippen LogP contribution in [0.25, 0.3) is 0 Å². The first-order valence-corrected chi connectivity index (χ1v) is 5.79. The molecule has 2 atom stereocenters. The second-order valence-electron chi connectivity index (χ2n) is 4.05. The smallest absolute Gasteiger partial charge is 0.0590 e. The predicted molar refractivity (Wildman–Crippen MR) is 62.3 cm³/mol. The summed E-state index contributed by atoms with van der Waals surface area (Å²) in [5, 5.41) is 13.4. The van der Waals surface area contributed by atoms with Gasteiger partial charge in [-0.2, -0.15) is 0 Å². The molecule has 2 rings (SSSR count). The van der Waals surface area contributed by atoms with Crippen LogP contribution in [0.15, 0.2) is 24.3 Å². The second kappa shape index (κ2) is 4.97. The van der Waals surface area contributed by atoms with Crippen molar-refractivity contribution in [2.24, 2.45) is 0 Å². The van der Waals surface area contributed by atoms with Crippen molar-refractivity contribution in [3.63, 3.8) is 0 Å². The molecule has 0 saturated carbocycles. The molecule has 0 aliphatic carbocycles. The summed E-state index contributed by atoms with van der Waals surface area (Å²) in [4.78, 5) is 0. The molecule has 0 aromatic heterocycles. The second-order valence-corrected chi connectivity index (χ2v) is 4.48. The maximum atomic E-state index is 9.30. The summed E-state index contributed by atoms with van der Waals surface area (Å²) in [5.41, 5.74) is 1.23. The highest BCUT2D eigenvalue weighted by atomic mass is 35.5. The van der Waals surface area contributed by atoms with Crippen molar-refractivity contribution >= 4 is 11.6 Å². The van der Waals surface area contributed by atoms with E-state index in [-0.39, 0.29) is 12.6 Å². The molecule has 1 heterocycles. The molecule has 1 aliphatic heterocycles. The predicted octanol–water partition coefficient (Wildman–Crippen LogP) is 2.17. The van der Waals surface area contributed by atoms with Crippen LogP contribution in [0.4, 0.5) is 0 Å². The van der Waals surface area contributed by atoms with Gasteiger partial charge in [0.2, 0.25) is 0 Å². The van der Waals surface area contributed by atoms with Crippen molar-refractivity contribution in [2.45, 2.75) is 24.8 Å². The number of benzene rings is 1. The Kier molecular flexibility index (Phi) is 3.62. The third-order valence-corrected chi connectivity index (χ3v) is 3.29. The van der Waals surface area contributed by atoms with E-state index in [0.717, 1.165) is 24.4 Å². The fraction of sp³-hybridized carbons (Fsp3) is 0.500. The Morgan fingerprint density at radius 1 is 1.47 bits per heavy atom. The third kappa shape index (κ3) is 2.51. The molecule has 2 unspecified atom stereocenters. The van der Waals surface area contributed by atoms with Crippen LogP contribution in [0, 0.1) is 0 Å². The molecule has 2 nitrogen and oxygen atoms in total. The van der Waals surface area contributed by atoms with E-state index >= 15 is 0 Å². The van der Waals surface area contributed by atoms with Gasteiger partial charge in [-0.15, -0.1) is 0 Å². The van der Waals surface area contributed by atoms with Gasteiger partial charge in [-0.3, -0.25) is 0 Å². The summed E-state index contributed by atoms with van der Waals surface area (Å²) in [5.74, 6) is 0.391. The maximum Gasteiger partial charge on any atom is 0.0590 e. The zero-order chi connectivity index (χ0) is 10.7. The minimum absolute atomic E-state index is 0.178. The van der Waals surface area contributed by atoms with Gasteiger partial charge in [0.15, 0.2) is 0 Å². The van der Waals surface area contributed by atoms with Crippen LogP contribution in [-0.4, -0.2) is 24.3 Å². The molecule has 15 heavy (non-hydrogen) atoms. The summed E-state index contributed by atoms with van der Waals surface area (Å²) in [7, 11) is 0. The number of aliphatic hydroxyl groups excluding tert-OH is 1. The number of hydrogen-bond acceptors (Lipinski definition) is 2. The number of halogens is 1. The topological polar surface area (TPSA) is 32.3 Å². The van der Waals surface area contributed by atoms with E-state index in [0.29, 0.717) is 5.92 Å². The molecule has 1 fully saturated rings. The number of hydrogen-bond donors (Lipinski definition) is 2. The minimum atomic E-state index is 0.178. The third-order valence-electron chi connectivity index (χ3n) is 3.06. The summed E-state index contributed by atoms with van der Waals surface area (Å²) >= 11 is 5.97. The lowest BCUT2D eigenvalue weighted by molar-refractivity contribution is 0.202. The molecule has 2 N–H and O–H groups in total. The quantitative estimate of drug-likeness (QED) is 0.809. The van der Waals surface area contributed by atoms with Crippen LogP contribution in [0.5, 0.6) is 0 Å². The zero-order valence-corrected chi connectivity index (χ0v) is 9.37. The van der Waals surface area contributed by atoms with E-state index in [1.165, 1.54) is 5.56 Å². The fourth-order valence-electron chi connectivity index (χ4n) is 2.28. The fourth-order valence-corrected chi connectivity index (χ4v) is 2.48. The summed E-state index contributed by atoms with van der Waals surface area (Å²) in [6, 6.07) is 8.13. The van der Waals surface area contributed by atoms with Gasteiger partial charge in [-0.1, -0.05) is 23.7 Å². The Bertz CT molecular complexity index is 329. The van der Waals surface area contributed by atoms with Crippen molar-refractivity contribution in [1.82, 2.24) is 5.32 Å². The Morgan fingerprint density at radius 2 is 2.33 bits per heavy atom. The Hall–Kier alpha value is -0.570. The van der Waals surface area contributed by atoms with Gasteiger partial charge in [0.25, 0.3) is 0 Å². The molecular formula is C12H16ClNO. The molecule has 1 aromatic rings. The van der Waals surface area contributed by atoms with Gasteiger partial charge in [-0.05, 0) is 37.1 Å². The maximum absolute atomic E-state index is 9.30. The van der Waals surface area contributed by atoms with Crippen molar-refractivity contribution in [2.75, 3.05) is 13.2 Å². The van der Waals surface area contributed by atoms with Gasteiger partial charge >= 0.3 is 0 Å². The van der Waals surface area contributed by atoms with Crippen LogP contribution < -0.4 is 5.32 Å². The molecule has 1 saturated heterocycles. The molecule has 1 aromatic carbocycles. The van der Waals surface area contributed by atoms with Gasteiger partial charge < -0.3 is 10.4 Å². The molecule has 0 amide bonds. The van der Waals surface area contributed by atoms with Gasteiger partial charge in [0, 0.05) is 17.0 Å². The van der Waals surface area contributed by atoms with E-state index < -0.39 is 0 Å². The highest BCUT2D eigenvalue weighted by Gasteiger charge is 2.25. The Balaban J connectivity index is 2.20. The average molecular weight is 226 g/mol. The standard InChI is InChI=1S/C12H16ClNO/c13-10-4-1-3-9(7-10)11-5-2-6-14-12(11)8-15/h1,3-4,7,11-12,14-15H,2,5-6,8H2. The lowest BCUT2D eigenvalue weighted by Crippen LogP contribution is -2.42. The van der Waals surface area contributed by atoms with Crippen LogP contribution in [-0.2, 0) is 0 Å². The molecule has 0 radical (unpaired) electrons. The van der Waals surface area contributed by atoms with E-state index in [1.807, 2.05) is 18.2 Å². The van der Waals surface area contributed by atoms with E-state index in [2.05, 4.69) is 11.4 Å². The molecule has 3 heteroatoms. The number of aliphatic hydroxyl groups is 1. The van der Waals surface area contributed by atoms with E-state index in [4.69, 9.17) is 11.6 Å². The Labute approximate surface area is 95.3 Å². The molecule has 82 valence electrons. The van der Waals surface area contributed by atoms with Gasteiger partial charge in [-0.25, -0.2) is 0 Å². The first kappa shape index (κ1) is 10.9. The number of nitrogens with one attached hydrogen (secondary N) is 1. The first-order chi connectivity index (χ1) is 7.31. The van der Waals surface area contributed by atoms with Crippen molar-refractivity contribution < 1.29 is 5.11 Å². The highest BCUT2D eigenvalue weighted by molar-refractivity contribution is 6.30. The van der Waals surface area contributed by atoms with Crippen molar-refractivity contribution in [1.29, 1.82) is 0 Å². The van der Waals surface area contributed by atoms with E-state index in [1.54, 1.807) is 0 Å².